The molecular formula is C14H13N3O. The van der Waals surface area contributed by atoms with Crippen LogP contribution in [0.2, 0.25) is 0 Å². The van der Waals surface area contributed by atoms with Gasteiger partial charge in [-0.05, 0) is 24.3 Å². The Morgan fingerprint density at radius 1 is 1.17 bits per heavy atom. The molecule has 0 aliphatic carbocycles. The van der Waals surface area contributed by atoms with Gasteiger partial charge in [-0.15, -0.1) is 0 Å². The number of anilines is 3. The molecule has 0 aliphatic heterocycles. The molecule has 2 aromatic carbocycles. The lowest BCUT2D eigenvalue weighted by Crippen LogP contribution is -1.98. The van der Waals surface area contributed by atoms with Crippen molar-refractivity contribution in [2.24, 2.45) is 0 Å². The topological polar surface area (TPSA) is 71.1 Å². The molecule has 0 heterocycles. The molecule has 0 saturated carbocycles. The lowest BCUT2D eigenvalue weighted by atomic mass is 10.1. The predicted octanol–water partition coefficient (Wildman–Crippen LogP) is 2.89. The highest BCUT2D eigenvalue weighted by molar-refractivity contribution is 5.76. The SMILES string of the molecule is COc1ccc(N)c(Nc2ccccc2C#N)c1. The first-order valence-electron chi connectivity index (χ1n) is 5.44. The van der Waals surface area contributed by atoms with Crippen LogP contribution in [-0.4, -0.2) is 7.11 Å². The summed E-state index contributed by atoms with van der Waals surface area (Å²) < 4.78 is 5.14. The quantitative estimate of drug-likeness (QED) is 0.808. The van der Waals surface area contributed by atoms with Gasteiger partial charge in [-0.3, -0.25) is 0 Å². The van der Waals surface area contributed by atoms with Gasteiger partial charge in [0.15, 0.2) is 0 Å². The number of nitrogens with one attached hydrogen (secondary N) is 1. The second kappa shape index (κ2) is 5.11. The average Bonchev–Trinajstić information content (AvgIpc) is 2.42. The van der Waals surface area contributed by atoms with Gasteiger partial charge in [0.2, 0.25) is 0 Å². The van der Waals surface area contributed by atoms with E-state index in [1.54, 1.807) is 31.4 Å². The molecule has 0 atom stereocenters. The summed E-state index contributed by atoms with van der Waals surface area (Å²) >= 11 is 0. The fourth-order valence-electron chi connectivity index (χ4n) is 1.61. The van der Waals surface area contributed by atoms with Crippen LogP contribution in [0.4, 0.5) is 17.1 Å². The molecule has 2 aromatic rings. The van der Waals surface area contributed by atoms with Crippen molar-refractivity contribution in [3.8, 4) is 11.8 Å². The zero-order valence-corrected chi connectivity index (χ0v) is 9.97. The van der Waals surface area contributed by atoms with Crippen LogP contribution in [0.25, 0.3) is 0 Å². The second-order valence-electron chi connectivity index (χ2n) is 3.74. The zero-order valence-electron chi connectivity index (χ0n) is 9.97. The fraction of sp³-hybridized carbons (Fsp3) is 0.0714. The smallest absolute Gasteiger partial charge is 0.121 e. The van der Waals surface area contributed by atoms with Gasteiger partial charge in [0.05, 0.1) is 29.7 Å². The van der Waals surface area contributed by atoms with E-state index >= 15 is 0 Å². The number of para-hydroxylation sites is 1. The second-order valence-corrected chi connectivity index (χ2v) is 3.74. The van der Waals surface area contributed by atoms with Crippen molar-refractivity contribution in [2.75, 3.05) is 18.2 Å². The third kappa shape index (κ3) is 2.36. The molecule has 3 N–H and O–H groups in total. The highest BCUT2D eigenvalue weighted by Gasteiger charge is 2.05. The highest BCUT2D eigenvalue weighted by Crippen LogP contribution is 2.28. The van der Waals surface area contributed by atoms with Crippen LogP contribution in [0.15, 0.2) is 42.5 Å². The maximum absolute atomic E-state index is 9.02. The van der Waals surface area contributed by atoms with Crippen LogP contribution in [0.1, 0.15) is 5.56 Å². The number of methoxy groups -OCH3 is 1. The molecule has 0 radical (unpaired) electrons. The van der Waals surface area contributed by atoms with Crippen molar-refractivity contribution in [2.45, 2.75) is 0 Å². The molecule has 90 valence electrons. The van der Waals surface area contributed by atoms with Crippen molar-refractivity contribution >= 4 is 17.1 Å². The fourth-order valence-corrected chi connectivity index (χ4v) is 1.61. The third-order valence-corrected chi connectivity index (χ3v) is 2.58. The molecule has 0 spiro atoms. The summed E-state index contributed by atoms with van der Waals surface area (Å²) in [6.45, 7) is 0. The van der Waals surface area contributed by atoms with E-state index in [1.165, 1.54) is 0 Å². The number of benzene rings is 2. The highest BCUT2D eigenvalue weighted by atomic mass is 16.5. The molecule has 0 bridgehead atoms. The first-order chi connectivity index (χ1) is 8.74. The standard InChI is InChI=1S/C14H13N3O/c1-18-11-6-7-12(16)14(8-11)17-13-5-3-2-4-10(13)9-15/h2-8,17H,16H2,1H3. The van der Waals surface area contributed by atoms with Gasteiger partial charge >= 0.3 is 0 Å². The summed E-state index contributed by atoms with van der Waals surface area (Å²) in [4.78, 5) is 0. The minimum absolute atomic E-state index is 0.569. The monoisotopic (exact) mass is 239 g/mol. The van der Waals surface area contributed by atoms with Crippen molar-refractivity contribution in [3.63, 3.8) is 0 Å². The molecule has 18 heavy (non-hydrogen) atoms. The van der Waals surface area contributed by atoms with Gasteiger partial charge < -0.3 is 15.8 Å². The lowest BCUT2D eigenvalue weighted by Gasteiger charge is -2.11. The minimum atomic E-state index is 0.569. The molecular weight excluding hydrogens is 226 g/mol. The number of hydrogen-bond acceptors (Lipinski definition) is 4. The van der Waals surface area contributed by atoms with Crippen molar-refractivity contribution < 1.29 is 4.74 Å². The van der Waals surface area contributed by atoms with Gasteiger partial charge in [0, 0.05) is 6.07 Å². The minimum Gasteiger partial charge on any atom is -0.497 e. The van der Waals surface area contributed by atoms with E-state index in [2.05, 4.69) is 11.4 Å². The Labute approximate surface area is 106 Å². The summed E-state index contributed by atoms with van der Waals surface area (Å²) in [5.74, 6) is 0.709. The molecule has 4 nitrogen and oxygen atoms in total. The Morgan fingerprint density at radius 2 is 1.94 bits per heavy atom. The van der Waals surface area contributed by atoms with E-state index in [4.69, 9.17) is 15.7 Å². The normalized spacial score (nSPS) is 9.56. The number of hydrogen-bond donors (Lipinski definition) is 2. The van der Waals surface area contributed by atoms with Gasteiger partial charge in [0.1, 0.15) is 11.8 Å². The first-order valence-corrected chi connectivity index (χ1v) is 5.44. The molecule has 0 aromatic heterocycles. The number of nitrogens with zero attached hydrogens (tertiary/aromatic N) is 1. The summed E-state index contributed by atoms with van der Waals surface area (Å²) in [5, 5.41) is 12.2. The van der Waals surface area contributed by atoms with E-state index < -0.39 is 0 Å². The largest absolute Gasteiger partial charge is 0.497 e. The lowest BCUT2D eigenvalue weighted by molar-refractivity contribution is 0.415. The molecule has 2 rings (SSSR count). The van der Waals surface area contributed by atoms with Crippen LogP contribution in [0.3, 0.4) is 0 Å². The van der Waals surface area contributed by atoms with Crippen LogP contribution in [0.5, 0.6) is 5.75 Å². The van der Waals surface area contributed by atoms with Crippen molar-refractivity contribution in [3.05, 3.63) is 48.0 Å². The maximum Gasteiger partial charge on any atom is 0.121 e. The molecule has 0 fully saturated rings. The Balaban J connectivity index is 2.37. The van der Waals surface area contributed by atoms with Gasteiger partial charge in [-0.2, -0.15) is 5.26 Å². The first kappa shape index (κ1) is 11.8. The number of rotatable bonds is 3. The molecule has 4 heteroatoms. The summed E-state index contributed by atoms with van der Waals surface area (Å²) in [7, 11) is 1.60. The Bertz CT molecular complexity index is 602. The van der Waals surface area contributed by atoms with Crippen LogP contribution < -0.4 is 15.8 Å². The average molecular weight is 239 g/mol. The van der Waals surface area contributed by atoms with Crippen molar-refractivity contribution in [1.82, 2.24) is 0 Å². The molecule has 0 aliphatic rings. The van der Waals surface area contributed by atoms with E-state index in [0.717, 1.165) is 11.4 Å². The van der Waals surface area contributed by atoms with Gasteiger partial charge in [-0.25, -0.2) is 0 Å². The van der Waals surface area contributed by atoms with Gasteiger partial charge in [-0.1, -0.05) is 12.1 Å². The number of nitrogen functional groups attached to an aromatic ring is 1. The summed E-state index contributed by atoms with van der Waals surface area (Å²) in [5.41, 5.74) is 8.49. The molecule has 0 unspecified atom stereocenters. The van der Waals surface area contributed by atoms with Crippen LogP contribution >= 0.6 is 0 Å². The van der Waals surface area contributed by atoms with E-state index in [9.17, 15) is 0 Å². The molecule has 0 saturated heterocycles. The Morgan fingerprint density at radius 3 is 2.67 bits per heavy atom. The third-order valence-electron chi connectivity index (χ3n) is 2.58. The number of nitriles is 1. The molecule has 0 amide bonds. The van der Waals surface area contributed by atoms with Gasteiger partial charge in [0.25, 0.3) is 0 Å². The van der Waals surface area contributed by atoms with E-state index in [0.29, 0.717) is 17.0 Å². The number of ether oxygens (including phenoxy) is 1. The van der Waals surface area contributed by atoms with Crippen LogP contribution in [0, 0.1) is 11.3 Å². The van der Waals surface area contributed by atoms with E-state index in [1.807, 2.05) is 18.2 Å². The van der Waals surface area contributed by atoms with Crippen LogP contribution in [-0.2, 0) is 0 Å². The summed E-state index contributed by atoms with van der Waals surface area (Å²) in [6.07, 6.45) is 0. The summed E-state index contributed by atoms with van der Waals surface area (Å²) in [6, 6.07) is 14.7. The number of nitrogens with two attached hydrogens (primary N) is 1. The van der Waals surface area contributed by atoms with E-state index in [-0.39, 0.29) is 0 Å². The predicted molar refractivity (Wildman–Crippen MR) is 71.8 cm³/mol. The van der Waals surface area contributed by atoms with Crippen molar-refractivity contribution in [1.29, 1.82) is 5.26 Å². The zero-order chi connectivity index (χ0) is 13.0. The maximum atomic E-state index is 9.02. The Hall–Kier alpha value is -2.67. The Kier molecular flexibility index (Phi) is 3.35.